The minimum Gasteiger partial charge on any atom is -0.494 e. The first-order chi connectivity index (χ1) is 13.7. The van der Waals surface area contributed by atoms with Gasteiger partial charge in [0.15, 0.2) is 6.61 Å². The van der Waals surface area contributed by atoms with Gasteiger partial charge in [0.2, 0.25) is 0 Å². The van der Waals surface area contributed by atoms with Gasteiger partial charge in [-0.3, -0.25) is 9.69 Å². The van der Waals surface area contributed by atoms with E-state index >= 15 is 0 Å². The van der Waals surface area contributed by atoms with E-state index in [0.717, 1.165) is 19.6 Å². The van der Waals surface area contributed by atoms with Crippen LogP contribution in [0.25, 0.3) is 0 Å². The summed E-state index contributed by atoms with van der Waals surface area (Å²) in [5.41, 5.74) is 1.68. The lowest BCUT2D eigenvalue weighted by Gasteiger charge is -2.34. The zero-order chi connectivity index (χ0) is 19.8. The molecule has 1 aliphatic heterocycles. The average molecular weight is 382 g/mol. The predicted octanol–water partition coefficient (Wildman–Crippen LogP) is 2.59. The molecule has 0 aliphatic carbocycles. The smallest absolute Gasteiger partial charge is 0.338 e. The second kappa shape index (κ2) is 9.90. The molecule has 6 heteroatoms. The van der Waals surface area contributed by atoms with Crippen LogP contribution in [0.15, 0.2) is 54.6 Å². The number of hydrogen-bond acceptors (Lipinski definition) is 5. The Balaban J connectivity index is 1.41. The molecule has 1 fully saturated rings. The quantitative estimate of drug-likeness (QED) is 0.689. The molecule has 0 radical (unpaired) electrons. The number of benzene rings is 2. The zero-order valence-electron chi connectivity index (χ0n) is 16.2. The molecule has 6 nitrogen and oxygen atoms in total. The van der Waals surface area contributed by atoms with Crippen molar-refractivity contribution < 1.29 is 19.1 Å². The van der Waals surface area contributed by atoms with Crippen molar-refractivity contribution in [3.63, 3.8) is 0 Å². The first-order valence-corrected chi connectivity index (χ1v) is 9.59. The fraction of sp³-hybridized carbons (Fsp3) is 0.364. The maximum atomic E-state index is 12.3. The van der Waals surface area contributed by atoms with Crippen LogP contribution in [-0.4, -0.2) is 61.1 Å². The fourth-order valence-electron chi connectivity index (χ4n) is 3.15. The van der Waals surface area contributed by atoms with E-state index in [0.29, 0.717) is 31.0 Å². The first-order valence-electron chi connectivity index (χ1n) is 9.59. The lowest BCUT2D eigenvalue weighted by atomic mass is 10.2. The molecular formula is C22H26N2O4. The Morgan fingerprint density at radius 3 is 2.25 bits per heavy atom. The van der Waals surface area contributed by atoms with Gasteiger partial charge in [0.05, 0.1) is 12.2 Å². The SMILES string of the molecule is CCOc1ccc(C(=O)OCC(=O)N2CCN(Cc3ccccc3)CC2)cc1. The second-order valence-corrected chi connectivity index (χ2v) is 6.68. The Hall–Kier alpha value is -2.86. The van der Waals surface area contributed by atoms with Gasteiger partial charge < -0.3 is 14.4 Å². The average Bonchev–Trinajstić information content (AvgIpc) is 2.74. The molecule has 2 aromatic rings. The predicted molar refractivity (Wildman–Crippen MR) is 106 cm³/mol. The van der Waals surface area contributed by atoms with Crippen molar-refractivity contribution in [3.05, 3.63) is 65.7 Å². The van der Waals surface area contributed by atoms with Gasteiger partial charge in [-0.1, -0.05) is 30.3 Å². The molecule has 3 rings (SSSR count). The minimum atomic E-state index is -0.501. The number of carbonyl (C=O) groups excluding carboxylic acids is 2. The molecule has 0 unspecified atom stereocenters. The van der Waals surface area contributed by atoms with Gasteiger partial charge in [0.1, 0.15) is 5.75 Å². The van der Waals surface area contributed by atoms with E-state index in [4.69, 9.17) is 9.47 Å². The highest BCUT2D eigenvalue weighted by molar-refractivity contribution is 5.91. The highest BCUT2D eigenvalue weighted by Gasteiger charge is 2.22. The molecule has 2 aromatic carbocycles. The third-order valence-electron chi connectivity index (χ3n) is 4.70. The van der Waals surface area contributed by atoms with Gasteiger partial charge in [0, 0.05) is 32.7 Å². The van der Waals surface area contributed by atoms with E-state index in [1.165, 1.54) is 5.56 Å². The minimum absolute atomic E-state index is 0.154. The summed E-state index contributed by atoms with van der Waals surface area (Å²) in [6, 6.07) is 17.0. The molecule has 0 atom stereocenters. The molecule has 1 amide bonds. The number of piperazine rings is 1. The molecular weight excluding hydrogens is 356 g/mol. The van der Waals surface area contributed by atoms with Crippen LogP contribution in [0, 0.1) is 0 Å². The maximum Gasteiger partial charge on any atom is 0.338 e. The normalized spacial score (nSPS) is 14.5. The summed E-state index contributed by atoms with van der Waals surface area (Å²) in [5, 5.41) is 0. The van der Waals surface area contributed by atoms with E-state index in [9.17, 15) is 9.59 Å². The van der Waals surface area contributed by atoms with Crippen LogP contribution in [0.1, 0.15) is 22.8 Å². The Morgan fingerprint density at radius 1 is 0.929 bits per heavy atom. The number of ether oxygens (including phenoxy) is 2. The van der Waals surface area contributed by atoms with Gasteiger partial charge in [-0.2, -0.15) is 0 Å². The molecule has 1 aliphatic rings. The van der Waals surface area contributed by atoms with Crippen molar-refractivity contribution in [3.8, 4) is 5.75 Å². The molecule has 148 valence electrons. The molecule has 0 bridgehead atoms. The van der Waals surface area contributed by atoms with Crippen molar-refractivity contribution in [1.82, 2.24) is 9.80 Å². The Morgan fingerprint density at radius 2 is 1.61 bits per heavy atom. The number of rotatable bonds is 7. The number of amides is 1. The molecule has 0 spiro atoms. The summed E-state index contributed by atoms with van der Waals surface area (Å²) in [5.74, 6) is 0.0428. The highest BCUT2D eigenvalue weighted by atomic mass is 16.5. The molecule has 0 saturated carbocycles. The van der Waals surface area contributed by atoms with E-state index in [1.54, 1.807) is 29.2 Å². The summed E-state index contributed by atoms with van der Waals surface area (Å²) >= 11 is 0. The van der Waals surface area contributed by atoms with Gasteiger partial charge in [-0.25, -0.2) is 4.79 Å². The molecule has 1 saturated heterocycles. The maximum absolute atomic E-state index is 12.3. The number of esters is 1. The third-order valence-corrected chi connectivity index (χ3v) is 4.70. The van der Waals surface area contributed by atoms with Crippen LogP contribution in [-0.2, 0) is 16.1 Å². The van der Waals surface area contributed by atoms with Crippen molar-refractivity contribution in [2.75, 3.05) is 39.4 Å². The van der Waals surface area contributed by atoms with E-state index in [1.807, 2.05) is 25.1 Å². The molecule has 1 heterocycles. The lowest BCUT2D eigenvalue weighted by Crippen LogP contribution is -2.49. The molecule has 0 aromatic heterocycles. The van der Waals surface area contributed by atoms with Crippen molar-refractivity contribution in [2.45, 2.75) is 13.5 Å². The van der Waals surface area contributed by atoms with Crippen molar-refractivity contribution >= 4 is 11.9 Å². The molecule has 0 N–H and O–H groups in total. The first kappa shape index (κ1) is 19.9. The highest BCUT2D eigenvalue weighted by Crippen LogP contribution is 2.13. The molecule has 28 heavy (non-hydrogen) atoms. The zero-order valence-corrected chi connectivity index (χ0v) is 16.2. The van der Waals surface area contributed by atoms with Crippen molar-refractivity contribution in [2.24, 2.45) is 0 Å². The van der Waals surface area contributed by atoms with Crippen LogP contribution in [0.3, 0.4) is 0 Å². The number of nitrogens with zero attached hydrogens (tertiary/aromatic N) is 2. The summed E-state index contributed by atoms with van der Waals surface area (Å²) < 4.78 is 10.5. The van der Waals surface area contributed by atoms with Crippen molar-refractivity contribution in [1.29, 1.82) is 0 Å². The van der Waals surface area contributed by atoms with Crippen LogP contribution >= 0.6 is 0 Å². The van der Waals surface area contributed by atoms with Crippen LogP contribution in [0.4, 0.5) is 0 Å². The number of hydrogen-bond donors (Lipinski definition) is 0. The summed E-state index contributed by atoms with van der Waals surface area (Å²) in [7, 11) is 0. The van der Waals surface area contributed by atoms with Gasteiger partial charge in [-0.15, -0.1) is 0 Å². The monoisotopic (exact) mass is 382 g/mol. The number of carbonyl (C=O) groups is 2. The van der Waals surface area contributed by atoms with Crippen LogP contribution in [0.2, 0.25) is 0 Å². The summed E-state index contributed by atoms with van der Waals surface area (Å²) in [4.78, 5) is 28.5. The fourth-order valence-corrected chi connectivity index (χ4v) is 3.15. The largest absolute Gasteiger partial charge is 0.494 e. The third kappa shape index (κ3) is 5.57. The van der Waals surface area contributed by atoms with E-state index in [2.05, 4.69) is 17.0 Å². The Kier molecular flexibility index (Phi) is 7.03. The van der Waals surface area contributed by atoms with Gasteiger partial charge in [-0.05, 0) is 36.8 Å². The van der Waals surface area contributed by atoms with Gasteiger partial charge >= 0.3 is 5.97 Å². The lowest BCUT2D eigenvalue weighted by molar-refractivity contribution is -0.136. The summed E-state index contributed by atoms with van der Waals surface area (Å²) in [6.45, 7) is 6.03. The second-order valence-electron chi connectivity index (χ2n) is 6.68. The Bertz CT molecular complexity index is 769. The van der Waals surface area contributed by atoms with E-state index in [-0.39, 0.29) is 12.5 Å². The summed E-state index contributed by atoms with van der Waals surface area (Å²) in [6.07, 6.45) is 0. The van der Waals surface area contributed by atoms with E-state index < -0.39 is 5.97 Å². The van der Waals surface area contributed by atoms with Gasteiger partial charge in [0.25, 0.3) is 5.91 Å². The van der Waals surface area contributed by atoms with Crippen LogP contribution in [0.5, 0.6) is 5.75 Å². The van der Waals surface area contributed by atoms with Crippen LogP contribution < -0.4 is 4.74 Å². The topological polar surface area (TPSA) is 59.1 Å². The standard InChI is InChI=1S/C22H26N2O4/c1-2-27-20-10-8-19(9-11-20)22(26)28-17-21(25)24-14-12-23(13-15-24)16-18-6-4-3-5-7-18/h3-11H,2,12-17H2,1H3. The Labute approximate surface area is 165 Å².